The van der Waals surface area contributed by atoms with Crippen molar-refractivity contribution in [2.45, 2.75) is 37.5 Å². The lowest BCUT2D eigenvalue weighted by molar-refractivity contribution is -0.131. The lowest BCUT2D eigenvalue weighted by atomic mass is 10.0. The number of likely N-dealkylation sites (tertiary alicyclic amines) is 1. The third kappa shape index (κ3) is 3.81. The lowest BCUT2D eigenvalue weighted by Gasteiger charge is -2.27. The average molecular weight is 313 g/mol. The van der Waals surface area contributed by atoms with Gasteiger partial charge in [0.25, 0.3) is 0 Å². The number of sulfone groups is 1. The van der Waals surface area contributed by atoms with Crippen molar-refractivity contribution in [2.24, 2.45) is 0 Å². The molecule has 1 aromatic carbocycles. The van der Waals surface area contributed by atoms with Crippen LogP contribution in [0.2, 0.25) is 0 Å². The highest BCUT2D eigenvalue weighted by molar-refractivity contribution is 7.92. The topological polar surface area (TPSA) is 54.5 Å². The van der Waals surface area contributed by atoms with Crippen LogP contribution >= 0.6 is 0 Å². The van der Waals surface area contributed by atoms with E-state index in [0.29, 0.717) is 13.0 Å². The fraction of sp³-hybridized carbons (Fsp3) is 0.533. The minimum Gasteiger partial charge on any atom is -0.338 e. The van der Waals surface area contributed by atoms with Gasteiger partial charge in [-0.25, -0.2) is 12.8 Å². The van der Waals surface area contributed by atoms with Gasteiger partial charge in [-0.15, -0.1) is 0 Å². The van der Waals surface area contributed by atoms with Crippen LogP contribution in [0.5, 0.6) is 0 Å². The zero-order valence-electron chi connectivity index (χ0n) is 12.3. The molecular weight excluding hydrogens is 293 g/mol. The van der Waals surface area contributed by atoms with Gasteiger partial charge in [-0.1, -0.05) is 12.1 Å². The number of amides is 1. The molecule has 116 valence electrons. The fourth-order valence-corrected chi connectivity index (χ4v) is 3.19. The Morgan fingerprint density at radius 1 is 1.48 bits per heavy atom. The Labute approximate surface area is 124 Å². The maximum absolute atomic E-state index is 13.2. The monoisotopic (exact) mass is 313 g/mol. The number of hydrogen-bond donors (Lipinski definition) is 0. The molecule has 1 fully saturated rings. The predicted molar refractivity (Wildman–Crippen MR) is 79.1 cm³/mol. The first-order chi connectivity index (χ1) is 9.79. The second-order valence-electron chi connectivity index (χ2n) is 5.63. The SMILES string of the molecule is C[C@H](C(=O)N1CCC[C@@H]1Cc1cccc(F)c1)S(C)(=O)=O. The Balaban J connectivity index is 2.12. The van der Waals surface area contributed by atoms with E-state index in [4.69, 9.17) is 0 Å². The van der Waals surface area contributed by atoms with Crippen molar-refractivity contribution < 1.29 is 17.6 Å². The van der Waals surface area contributed by atoms with Crippen LogP contribution in [0, 0.1) is 5.82 Å². The van der Waals surface area contributed by atoms with Crippen LogP contribution < -0.4 is 0 Å². The van der Waals surface area contributed by atoms with E-state index in [1.165, 1.54) is 19.1 Å². The number of halogens is 1. The standard InChI is InChI=1S/C15H20FNO3S/c1-11(21(2,19)20)15(18)17-8-4-7-14(17)10-12-5-3-6-13(16)9-12/h3,5-6,9,11,14H,4,7-8,10H2,1-2H3/t11-,14-/m1/s1. The van der Waals surface area contributed by atoms with E-state index in [9.17, 15) is 17.6 Å². The Morgan fingerprint density at radius 3 is 2.81 bits per heavy atom. The molecule has 1 amide bonds. The molecule has 0 aromatic heterocycles. The van der Waals surface area contributed by atoms with Gasteiger partial charge in [0.1, 0.15) is 11.1 Å². The van der Waals surface area contributed by atoms with Crippen LogP contribution in [0.15, 0.2) is 24.3 Å². The highest BCUT2D eigenvalue weighted by atomic mass is 32.2. The minimum absolute atomic E-state index is 0.0523. The molecule has 0 N–H and O–H groups in total. The third-order valence-electron chi connectivity index (χ3n) is 4.01. The number of carbonyl (C=O) groups is 1. The summed E-state index contributed by atoms with van der Waals surface area (Å²) in [6.07, 6.45) is 3.30. The second-order valence-corrected chi connectivity index (χ2v) is 8.00. The molecule has 1 aromatic rings. The molecule has 2 rings (SSSR count). The predicted octanol–water partition coefficient (Wildman–Crippen LogP) is 1.79. The summed E-state index contributed by atoms with van der Waals surface area (Å²) in [5.41, 5.74) is 0.826. The van der Waals surface area contributed by atoms with Crippen LogP contribution in [0.4, 0.5) is 4.39 Å². The van der Waals surface area contributed by atoms with Gasteiger partial charge in [0.05, 0.1) is 0 Å². The molecular formula is C15H20FNO3S. The third-order valence-corrected chi connectivity index (χ3v) is 5.50. The number of benzene rings is 1. The summed E-state index contributed by atoms with van der Waals surface area (Å²) in [4.78, 5) is 14.0. The van der Waals surface area contributed by atoms with Crippen molar-refractivity contribution in [3.8, 4) is 0 Å². The van der Waals surface area contributed by atoms with Crippen molar-refractivity contribution in [3.05, 3.63) is 35.6 Å². The molecule has 21 heavy (non-hydrogen) atoms. The van der Waals surface area contributed by atoms with Crippen LogP contribution in [-0.4, -0.2) is 43.3 Å². The maximum atomic E-state index is 13.2. The molecule has 1 heterocycles. The lowest BCUT2D eigenvalue weighted by Crippen LogP contribution is -2.44. The molecule has 4 nitrogen and oxygen atoms in total. The Morgan fingerprint density at radius 2 is 2.19 bits per heavy atom. The fourth-order valence-electron chi connectivity index (χ4n) is 2.69. The number of nitrogens with zero attached hydrogens (tertiary/aromatic N) is 1. The normalized spacial score (nSPS) is 20.5. The van der Waals surface area contributed by atoms with Gasteiger partial charge in [0, 0.05) is 18.8 Å². The first kappa shape index (κ1) is 15.9. The van der Waals surface area contributed by atoms with Crippen molar-refractivity contribution in [1.82, 2.24) is 4.90 Å². The zero-order chi connectivity index (χ0) is 15.6. The number of hydrogen-bond acceptors (Lipinski definition) is 3. The van der Waals surface area contributed by atoms with Gasteiger partial charge in [-0.3, -0.25) is 4.79 Å². The van der Waals surface area contributed by atoms with Gasteiger partial charge >= 0.3 is 0 Å². The van der Waals surface area contributed by atoms with Crippen molar-refractivity contribution in [2.75, 3.05) is 12.8 Å². The average Bonchev–Trinajstić information content (AvgIpc) is 2.84. The molecule has 0 radical (unpaired) electrons. The number of rotatable bonds is 4. The maximum Gasteiger partial charge on any atom is 0.240 e. The Hall–Kier alpha value is -1.43. The quantitative estimate of drug-likeness (QED) is 0.851. The van der Waals surface area contributed by atoms with Gasteiger partial charge in [0.15, 0.2) is 9.84 Å². The molecule has 0 saturated carbocycles. The minimum atomic E-state index is -3.39. The highest BCUT2D eigenvalue weighted by Gasteiger charge is 2.35. The first-order valence-corrected chi connectivity index (χ1v) is 8.98. The van der Waals surface area contributed by atoms with Gasteiger partial charge in [0.2, 0.25) is 5.91 Å². The van der Waals surface area contributed by atoms with Gasteiger partial charge in [-0.2, -0.15) is 0 Å². The van der Waals surface area contributed by atoms with Crippen LogP contribution in [0.3, 0.4) is 0 Å². The molecule has 0 spiro atoms. The second kappa shape index (κ2) is 6.13. The van der Waals surface area contributed by atoms with Crippen molar-refractivity contribution >= 4 is 15.7 Å². The summed E-state index contributed by atoms with van der Waals surface area (Å²) in [5.74, 6) is -0.649. The Kier molecular flexibility index (Phi) is 4.66. The van der Waals surface area contributed by atoms with Gasteiger partial charge in [-0.05, 0) is 43.9 Å². The summed E-state index contributed by atoms with van der Waals surface area (Å²) < 4.78 is 36.3. The molecule has 0 unspecified atom stereocenters. The van der Waals surface area contributed by atoms with E-state index in [-0.39, 0.29) is 17.8 Å². The van der Waals surface area contributed by atoms with E-state index in [2.05, 4.69) is 0 Å². The van der Waals surface area contributed by atoms with Crippen LogP contribution in [0.1, 0.15) is 25.3 Å². The van der Waals surface area contributed by atoms with Crippen molar-refractivity contribution in [1.29, 1.82) is 0 Å². The first-order valence-electron chi connectivity index (χ1n) is 7.03. The van der Waals surface area contributed by atoms with E-state index in [1.807, 2.05) is 6.07 Å². The largest absolute Gasteiger partial charge is 0.338 e. The van der Waals surface area contributed by atoms with Crippen LogP contribution in [0.25, 0.3) is 0 Å². The molecule has 6 heteroatoms. The zero-order valence-corrected chi connectivity index (χ0v) is 13.1. The molecule has 2 atom stereocenters. The summed E-state index contributed by atoms with van der Waals surface area (Å²) in [6, 6.07) is 6.26. The smallest absolute Gasteiger partial charge is 0.240 e. The van der Waals surface area contributed by atoms with Gasteiger partial charge < -0.3 is 4.90 Å². The summed E-state index contributed by atoms with van der Waals surface area (Å²) in [6.45, 7) is 1.99. The molecule has 1 saturated heterocycles. The molecule has 0 bridgehead atoms. The summed E-state index contributed by atoms with van der Waals surface area (Å²) in [5, 5.41) is -1.02. The molecule has 1 aliphatic heterocycles. The van der Waals surface area contributed by atoms with E-state index < -0.39 is 15.1 Å². The summed E-state index contributed by atoms with van der Waals surface area (Å²) in [7, 11) is -3.39. The van der Waals surface area contributed by atoms with E-state index in [1.54, 1.807) is 11.0 Å². The van der Waals surface area contributed by atoms with Crippen LogP contribution in [-0.2, 0) is 21.1 Å². The van der Waals surface area contributed by atoms with E-state index >= 15 is 0 Å². The Bertz CT molecular complexity index is 630. The highest BCUT2D eigenvalue weighted by Crippen LogP contribution is 2.23. The van der Waals surface area contributed by atoms with Crippen molar-refractivity contribution in [3.63, 3.8) is 0 Å². The molecule has 0 aliphatic carbocycles. The van der Waals surface area contributed by atoms with E-state index in [0.717, 1.165) is 24.7 Å². The number of carbonyl (C=O) groups excluding carboxylic acids is 1. The summed E-state index contributed by atoms with van der Waals surface area (Å²) >= 11 is 0. The molecule has 1 aliphatic rings.